The summed E-state index contributed by atoms with van der Waals surface area (Å²) in [5, 5.41) is 6.34. The molecule has 9 unspecified atom stereocenters. The van der Waals surface area contributed by atoms with E-state index in [-0.39, 0.29) is 0 Å². The molecule has 0 radical (unpaired) electrons. The highest BCUT2D eigenvalue weighted by atomic mass is 14.6. The van der Waals surface area contributed by atoms with Crippen LogP contribution in [0.2, 0.25) is 0 Å². The van der Waals surface area contributed by atoms with E-state index >= 15 is 0 Å². The van der Waals surface area contributed by atoms with Gasteiger partial charge in [-0.15, -0.1) is 0 Å². The summed E-state index contributed by atoms with van der Waals surface area (Å²) < 4.78 is 0. The Bertz CT molecular complexity index is 2500. The van der Waals surface area contributed by atoms with Crippen LogP contribution in [0.5, 0.6) is 0 Å². The van der Waals surface area contributed by atoms with Crippen molar-refractivity contribution in [1.82, 2.24) is 0 Å². The Hall–Kier alpha value is -4.16. The molecule has 4 aromatic carbocycles. The Kier molecular flexibility index (Phi) is 5.48. The van der Waals surface area contributed by atoms with Gasteiger partial charge in [-0.2, -0.15) is 0 Å². The summed E-state index contributed by atoms with van der Waals surface area (Å²) >= 11 is 0. The molecule has 13 rings (SSSR count). The van der Waals surface area contributed by atoms with Crippen molar-refractivity contribution in [1.29, 1.82) is 0 Å². The SMILES string of the molecule is CC1=C(C2=CC=C3c4c(c(C5CC6CCC5C6)c5c(cc6c7c(cccc75)-c5ccccc5-6)c4C4CC5CCC54)C4=CC=CC2C34)C(C)CC=C1. The molecule has 250 valence electrons. The maximum atomic E-state index is 2.74. The summed E-state index contributed by atoms with van der Waals surface area (Å²) in [6.07, 6.45) is 28.8. The number of fused-ring (bicyclic) bond motifs is 11. The van der Waals surface area contributed by atoms with Crippen molar-refractivity contribution in [3.05, 3.63) is 130 Å². The van der Waals surface area contributed by atoms with Gasteiger partial charge in [-0.05, 0) is 193 Å². The zero-order valence-electron chi connectivity index (χ0n) is 30.0. The third-order valence-electron chi connectivity index (χ3n) is 16.1. The predicted molar refractivity (Wildman–Crippen MR) is 213 cm³/mol. The smallest absolute Gasteiger partial charge is 0.0205 e. The van der Waals surface area contributed by atoms with Crippen LogP contribution in [0.25, 0.3) is 54.9 Å². The van der Waals surface area contributed by atoms with Crippen LogP contribution in [-0.4, -0.2) is 0 Å². The van der Waals surface area contributed by atoms with Crippen LogP contribution < -0.4 is 0 Å². The van der Waals surface area contributed by atoms with Crippen LogP contribution in [0.15, 0.2) is 108 Å². The summed E-state index contributed by atoms with van der Waals surface area (Å²) in [5.74, 6) is 6.34. The molecule has 4 fully saturated rings. The minimum absolute atomic E-state index is 0.419. The van der Waals surface area contributed by atoms with Gasteiger partial charge in [0.2, 0.25) is 0 Å². The van der Waals surface area contributed by atoms with Crippen molar-refractivity contribution in [2.24, 2.45) is 41.4 Å². The lowest BCUT2D eigenvalue weighted by Crippen LogP contribution is -2.43. The highest BCUT2D eigenvalue weighted by molar-refractivity contribution is 6.26. The number of benzene rings is 4. The third-order valence-corrected chi connectivity index (χ3v) is 16.1. The highest BCUT2D eigenvalue weighted by Gasteiger charge is 2.53. The molecule has 0 aliphatic heterocycles. The van der Waals surface area contributed by atoms with E-state index in [9.17, 15) is 0 Å². The Balaban J connectivity index is 1.17. The fourth-order valence-corrected chi connectivity index (χ4v) is 13.9. The van der Waals surface area contributed by atoms with E-state index < -0.39 is 0 Å². The van der Waals surface area contributed by atoms with E-state index in [4.69, 9.17) is 0 Å². The second kappa shape index (κ2) is 9.83. The number of hydrogen-bond acceptors (Lipinski definition) is 0. The highest BCUT2D eigenvalue weighted by Crippen LogP contribution is 2.68. The van der Waals surface area contributed by atoms with Crippen molar-refractivity contribution >= 4 is 32.7 Å². The molecule has 0 amide bonds. The number of rotatable bonds is 3. The average Bonchev–Trinajstić information content (AvgIpc) is 3.93. The van der Waals surface area contributed by atoms with Gasteiger partial charge < -0.3 is 0 Å². The van der Waals surface area contributed by atoms with Gasteiger partial charge in [-0.3, -0.25) is 0 Å². The fourth-order valence-electron chi connectivity index (χ4n) is 13.9. The van der Waals surface area contributed by atoms with E-state index in [1.165, 1.54) is 83.5 Å². The van der Waals surface area contributed by atoms with Gasteiger partial charge in [0.15, 0.2) is 0 Å². The zero-order valence-corrected chi connectivity index (χ0v) is 30.0. The molecule has 0 saturated heterocycles. The first-order chi connectivity index (χ1) is 25.1. The number of hydrogen-bond donors (Lipinski definition) is 0. The first kappa shape index (κ1) is 28.4. The Morgan fingerprint density at radius 3 is 2.22 bits per heavy atom. The van der Waals surface area contributed by atoms with Crippen molar-refractivity contribution < 1.29 is 0 Å². The minimum atomic E-state index is 0.419. The quantitative estimate of drug-likeness (QED) is 0.169. The van der Waals surface area contributed by atoms with Crippen molar-refractivity contribution in [2.75, 3.05) is 0 Å². The first-order valence-electron chi connectivity index (χ1n) is 20.5. The average molecular weight is 659 g/mol. The summed E-state index contributed by atoms with van der Waals surface area (Å²) in [7, 11) is 0. The molecule has 2 bridgehead atoms. The molecule has 4 aromatic rings. The van der Waals surface area contributed by atoms with Crippen molar-refractivity contribution in [2.45, 2.75) is 77.0 Å². The Morgan fingerprint density at radius 2 is 1.45 bits per heavy atom. The van der Waals surface area contributed by atoms with Crippen LogP contribution in [0, 0.1) is 41.4 Å². The largest absolute Gasteiger partial charge is 0.0837 e. The molecule has 0 aromatic heterocycles. The lowest BCUT2D eigenvalue weighted by Gasteiger charge is -2.54. The normalized spacial score (nSPS) is 34.2. The molecule has 0 spiro atoms. The van der Waals surface area contributed by atoms with E-state index in [0.29, 0.717) is 29.6 Å². The van der Waals surface area contributed by atoms with E-state index in [2.05, 4.69) is 105 Å². The van der Waals surface area contributed by atoms with E-state index in [0.717, 1.165) is 30.1 Å². The van der Waals surface area contributed by atoms with Gasteiger partial charge in [0.05, 0.1) is 0 Å². The maximum absolute atomic E-state index is 2.74. The van der Waals surface area contributed by atoms with E-state index in [1.807, 2.05) is 0 Å². The standard InChI is InChI=1S/C51H46/c1-26-8-5-9-27(2)44(26)36-20-21-39-45-35(36)13-7-15-38(45)50-49(39)48(41-24-30-18-19-31(30)41)43-25-42-33-11-4-3-10-32(33)34-12-6-14-37(46(34)42)47(43)51(50)40-23-28-16-17-29(40)22-28/h3-8,10-15,20-21,25,27-31,35,40-41,45H,9,16-19,22-24H2,1-2H3. The van der Waals surface area contributed by atoms with Gasteiger partial charge in [0, 0.05) is 11.8 Å². The van der Waals surface area contributed by atoms with Crippen LogP contribution in [0.1, 0.15) is 99.3 Å². The van der Waals surface area contributed by atoms with Crippen LogP contribution in [-0.2, 0) is 0 Å². The first-order valence-corrected chi connectivity index (χ1v) is 20.5. The molecule has 9 aliphatic carbocycles. The molecule has 0 nitrogen and oxygen atoms in total. The summed E-state index contributed by atoms with van der Waals surface area (Å²) in [6, 6.07) is 19.3. The van der Waals surface area contributed by atoms with Gasteiger partial charge in [0.1, 0.15) is 0 Å². The number of allylic oxidation sites excluding steroid dienone is 12. The maximum Gasteiger partial charge on any atom is 0.0205 e. The van der Waals surface area contributed by atoms with Crippen molar-refractivity contribution in [3.8, 4) is 22.3 Å². The molecule has 0 N–H and O–H groups in total. The minimum Gasteiger partial charge on any atom is -0.0837 e. The molecule has 51 heavy (non-hydrogen) atoms. The summed E-state index contributed by atoms with van der Waals surface area (Å²) in [5.41, 5.74) is 20.7. The lowest BCUT2D eigenvalue weighted by atomic mass is 9.50. The van der Waals surface area contributed by atoms with Crippen LogP contribution in [0.4, 0.5) is 0 Å². The predicted octanol–water partition coefficient (Wildman–Crippen LogP) is 13.5. The fraction of sp³-hybridized carbons (Fsp3) is 0.373. The van der Waals surface area contributed by atoms with Gasteiger partial charge in [-0.1, -0.05) is 98.3 Å². The van der Waals surface area contributed by atoms with E-state index in [1.54, 1.807) is 55.3 Å². The second-order valence-electron chi connectivity index (χ2n) is 18.2. The van der Waals surface area contributed by atoms with Gasteiger partial charge in [0.25, 0.3) is 0 Å². The van der Waals surface area contributed by atoms with Crippen LogP contribution >= 0.6 is 0 Å². The molecule has 0 heterocycles. The molecule has 9 aliphatic rings. The molecule has 4 saturated carbocycles. The monoisotopic (exact) mass is 658 g/mol. The molecule has 9 atom stereocenters. The third kappa shape index (κ3) is 3.45. The second-order valence-corrected chi connectivity index (χ2v) is 18.2. The van der Waals surface area contributed by atoms with Crippen molar-refractivity contribution in [3.63, 3.8) is 0 Å². The summed E-state index contributed by atoms with van der Waals surface area (Å²) in [6.45, 7) is 4.81. The topological polar surface area (TPSA) is 0 Å². The Morgan fingerprint density at radius 1 is 0.647 bits per heavy atom. The Labute approximate surface area is 302 Å². The summed E-state index contributed by atoms with van der Waals surface area (Å²) in [4.78, 5) is 0. The van der Waals surface area contributed by atoms with Crippen LogP contribution in [0.3, 0.4) is 0 Å². The lowest BCUT2D eigenvalue weighted by molar-refractivity contribution is 0.0221. The molecular weight excluding hydrogens is 613 g/mol. The van der Waals surface area contributed by atoms with Gasteiger partial charge >= 0.3 is 0 Å². The molecule has 0 heteroatoms. The van der Waals surface area contributed by atoms with Gasteiger partial charge in [-0.25, -0.2) is 0 Å². The molecular formula is C51H46. The zero-order chi connectivity index (χ0) is 33.3.